The van der Waals surface area contributed by atoms with E-state index in [-0.39, 0.29) is 17.1 Å². The molecule has 0 spiro atoms. The fourth-order valence-electron chi connectivity index (χ4n) is 3.49. The van der Waals surface area contributed by atoms with Gasteiger partial charge in [-0.3, -0.25) is 20.6 Å². The van der Waals surface area contributed by atoms with Gasteiger partial charge in [-0.05, 0) is 55.6 Å². The molecule has 33 heavy (non-hydrogen) atoms. The van der Waals surface area contributed by atoms with Gasteiger partial charge in [0.15, 0.2) is 6.29 Å². The molecule has 179 valence electrons. The predicted molar refractivity (Wildman–Crippen MR) is 131 cm³/mol. The Hall–Kier alpha value is -2.50. The van der Waals surface area contributed by atoms with Crippen molar-refractivity contribution in [2.24, 2.45) is 0 Å². The molecule has 0 atom stereocenters. The number of aromatic nitrogens is 6. The Morgan fingerprint density at radius 1 is 0.697 bits per heavy atom. The van der Waals surface area contributed by atoms with E-state index in [4.69, 9.17) is 21.9 Å². The molecule has 6 nitrogen and oxygen atoms in total. The molecule has 7 heteroatoms. The molecule has 0 saturated carbocycles. The van der Waals surface area contributed by atoms with Crippen LogP contribution in [0.2, 0.25) is 0 Å². The molecule has 0 unspecified atom stereocenters. The molecule has 0 aromatic carbocycles. The van der Waals surface area contributed by atoms with Gasteiger partial charge in [-0.25, -0.2) is 12.2 Å². The van der Waals surface area contributed by atoms with Crippen LogP contribution in [0, 0.1) is 12.9 Å². The molecule has 3 aromatic rings. The predicted octanol–water partition coefficient (Wildman–Crippen LogP) is 5.20. The quantitative estimate of drug-likeness (QED) is 0.223. The summed E-state index contributed by atoms with van der Waals surface area (Å²) in [5.74, 6) is 0. The fraction of sp³-hybridized carbons (Fsp3) is 0.462. The van der Waals surface area contributed by atoms with Crippen LogP contribution in [0.1, 0.15) is 75.7 Å². The summed E-state index contributed by atoms with van der Waals surface area (Å²) in [6.07, 6.45) is 9.26. The number of hydrogen-bond acceptors (Lipinski definition) is 3. The largest absolute Gasteiger partial charge is 2.00 e. The zero-order valence-corrected chi connectivity index (χ0v) is 22.2. The van der Waals surface area contributed by atoms with Crippen LogP contribution in [0.3, 0.4) is 0 Å². The molecular weight excluding hydrogens is 451 g/mol. The molecule has 0 aliphatic rings. The van der Waals surface area contributed by atoms with Crippen LogP contribution in [-0.4, -0.2) is 29.3 Å². The Balaban J connectivity index is 0.00000101. The summed E-state index contributed by atoms with van der Waals surface area (Å²) in [6, 6.07) is 6.60. The first kappa shape index (κ1) is 28.5. The first-order chi connectivity index (χ1) is 15.5. The van der Waals surface area contributed by atoms with Crippen LogP contribution >= 0.6 is 0 Å². The van der Waals surface area contributed by atoms with Crippen LogP contribution in [0.25, 0.3) is 0 Å². The second-order valence-electron chi connectivity index (χ2n) is 7.47. The molecule has 3 heterocycles. The van der Waals surface area contributed by atoms with E-state index < -0.39 is 0 Å². The van der Waals surface area contributed by atoms with Crippen LogP contribution in [-0.2, 0) is 55.6 Å². The van der Waals surface area contributed by atoms with Crippen LogP contribution in [0.4, 0.5) is 0 Å². The van der Waals surface area contributed by atoms with Gasteiger partial charge in [0.2, 0.25) is 0 Å². The van der Waals surface area contributed by atoms with E-state index in [0.717, 1.165) is 61.9 Å². The Labute approximate surface area is 210 Å². The average Bonchev–Trinajstić information content (AvgIpc) is 3.56. The van der Waals surface area contributed by atoms with E-state index in [0.29, 0.717) is 0 Å². The van der Waals surface area contributed by atoms with Gasteiger partial charge in [-0.1, -0.05) is 59.7 Å². The Kier molecular flexibility index (Phi) is 12.0. The van der Waals surface area contributed by atoms with Crippen molar-refractivity contribution >= 4 is 0 Å². The van der Waals surface area contributed by atoms with Gasteiger partial charge < -0.3 is 0 Å². The number of hydrogen-bond donors (Lipinski definition) is 0. The molecule has 3 aromatic heterocycles. The third kappa shape index (κ3) is 6.52. The third-order valence-corrected chi connectivity index (χ3v) is 5.38. The molecule has 1 radical (unpaired) electrons. The molecule has 0 aliphatic carbocycles. The van der Waals surface area contributed by atoms with E-state index in [1.165, 1.54) is 29.2 Å². The van der Waals surface area contributed by atoms with Gasteiger partial charge in [0.25, 0.3) is 0 Å². The van der Waals surface area contributed by atoms with Crippen molar-refractivity contribution in [2.45, 2.75) is 80.1 Å². The first-order valence-electron chi connectivity index (χ1n) is 11.8. The topological polar surface area (TPSA) is 53.5 Å². The van der Waals surface area contributed by atoms with E-state index in [1.54, 1.807) is 0 Å². The van der Waals surface area contributed by atoms with Crippen molar-refractivity contribution in [3.05, 3.63) is 84.0 Å². The van der Waals surface area contributed by atoms with Crippen molar-refractivity contribution in [2.75, 3.05) is 0 Å². The number of allylic oxidation sites excluding steroid dienone is 2. The molecular formula is C26H38MnN6. The summed E-state index contributed by atoms with van der Waals surface area (Å²) in [7, 11) is 0. The molecule has 0 fully saturated rings. The molecule has 0 bridgehead atoms. The monoisotopic (exact) mass is 489 g/mol. The van der Waals surface area contributed by atoms with Gasteiger partial charge >= 0.3 is 17.1 Å². The van der Waals surface area contributed by atoms with Crippen molar-refractivity contribution < 1.29 is 17.1 Å². The van der Waals surface area contributed by atoms with Crippen molar-refractivity contribution in [3.63, 3.8) is 0 Å². The summed E-state index contributed by atoms with van der Waals surface area (Å²) in [5.41, 5.74) is 6.82. The normalized spacial score (nSPS) is 10.2. The Bertz CT molecular complexity index is 885. The fourth-order valence-corrected chi connectivity index (χ4v) is 3.49. The van der Waals surface area contributed by atoms with Crippen LogP contribution < -0.4 is 0 Å². The number of nitrogens with zero attached hydrogens (tertiary/aromatic N) is 6. The summed E-state index contributed by atoms with van der Waals surface area (Å²) in [6.45, 7) is 21.0. The maximum atomic E-state index is 4.93. The standard InChI is InChI=1S/C22H33N6.C4H5.Mn/c1-7-16-13-19(10-4)26(23-16)22(27-20(11-5)14-17(8-2)24-27)28-21(12-6)15-18(9-3)25-28;1-3-4-2;/h13-15H,7-12H2,1-6H3;1,3-4H,2H2;/q2*-1;+2. The third-order valence-electron chi connectivity index (χ3n) is 5.38. The molecule has 0 aliphatic heterocycles. The SMILES string of the molecule is CCc1cc(CC)n([C-](n2nc(CC)cc2CC)n2nc(CC)cc2CC)n1.[CH-]=CC=C.[Mn+2]. The molecule has 0 saturated heterocycles. The average molecular weight is 490 g/mol. The van der Waals surface area contributed by atoms with Crippen molar-refractivity contribution in [1.29, 1.82) is 0 Å². The maximum Gasteiger partial charge on any atom is 2.00 e. The van der Waals surface area contributed by atoms with Gasteiger partial charge in [-0.15, -0.1) is 0 Å². The smallest absolute Gasteiger partial charge is 0.293 e. The van der Waals surface area contributed by atoms with Gasteiger partial charge in [-0.2, -0.15) is 21.9 Å². The summed E-state index contributed by atoms with van der Waals surface area (Å²) >= 11 is 0. The first-order valence-corrected chi connectivity index (χ1v) is 11.8. The van der Waals surface area contributed by atoms with E-state index >= 15 is 0 Å². The van der Waals surface area contributed by atoms with Gasteiger partial charge in [0, 0.05) is 0 Å². The molecule has 3 rings (SSSR count). The zero-order valence-electron chi connectivity index (χ0n) is 21.0. The van der Waals surface area contributed by atoms with Crippen LogP contribution in [0.15, 0.2) is 36.9 Å². The Morgan fingerprint density at radius 3 is 1.15 bits per heavy atom. The molecule has 0 N–H and O–H groups in total. The minimum atomic E-state index is 0. The van der Waals surface area contributed by atoms with Gasteiger partial charge in [0.1, 0.15) is 0 Å². The molecule has 0 amide bonds. The van der Waals surface area contributed by atoms with E-state index in [1.807, 2.05) is 0 Å². The Morgan fingerprint density at radius 2 is 0.970 bits per heavy atom. The van der Waals surface area contributed by atoms with E-state index in [9.17, 15) is 0 Å². The van der Waals surface area contributed by atoms with E-state index in [2.05, 4.69) is 80.4 Å². The van der Waals surface area contributed by atoms with Crippen molar-refractivity contribution in [3.8, 4) is 0 Å². The number of rotatable bonds is 10. The summed E-state index contributed by atoms with van der Waals surface area (Å²) in [4.78, 5) is 0. The minimum Gasteiger partial charge on any atom is -0.293 e. The summed E-state index contributed by atoms with van der Waals surface area (Å²) in [5, 5.41) is 14.8. The number of aryl methyl sites for hydroxylation is 6. The van der Waals surface area contributed by atoms with Crippen LogP contribution in [0.5, 0.6) is 0 Å². The zero-order chi connectivity index (χ0) is 23.7. The van der Waals surface area contributed by atoms with Crippen molar-refractivity contribution in [1.82, 2.24) is 29.3 Å². The maximum absolute atomic E-state index is 4.93. The van der Waals surface area contributed by atoms with Gasteiger partial charge in [0.05, 0.1) is 17.1 Å². The second kappa shape index (κ2) is 13.9. The summed E-state index contributed by atoms with van der Waals surface area (Å²) < 4.78 is 6.15. The minimum absolute atomic E-state index is 0. The second-order valence-corrected chi connectivity index (χ2v) is 7.47.